The minimum absolute atomic E-state index is 0.0873. The van der Waals surface area contributed by atoms with Crippen molar-refractivity contribution < 1.29 is 9.32 Å². The molecule has 1 aliphatic rings. The minimum Gasteiger partial charge on any atom is -0.361 e. The molecule has 3 rings (SSSR count). The van der Waals surface area contributed by atoms with Crippen LogP contribution in [0.5, 0.6) is 0 Å². The maximum Gasteiger partial charge on any atom is 0.321 e. The van der Waals surface area contributed by atoms with Crippen molar-refractivity contribution in [3.8, 4) is 0 Å². The van der Waals surface area contributed by atoms with E-state index in [1.165, 1.54) is 0 Å². The van der Waals surface area contributed by atoms with E-state index in [1.54, 1.807) is 12.3 Å². The van der Waals surface area contributed by atoms with Gasteiger partial charge in [-0.1, -0.05) is 22.8 Å². The van der Waals surface area contributed by atoms with Gasteiger partial charge in [-0.15, -0.1) is 0 Å². The lowest BCUT2D eigenvalue weighted by molar-refractivity contribution is 0.142. The van der Waals surface area contributed by atoms with Gasteiger partial charge in [0.25, 0.3) is 0 Å². The highest BCUT2D eigenvalue weighted by Gasteiger charge is 2.22. The molecule has 0 spiro atoms. The smallest absolute Gasteiger partial charge is 0.321 e. The van der Waals surface area contributed by atoms with Crippen LogP contribution in [0.3, 0.4) is 0 Å². The van der Waals surface area contributed by atoms with Gasteiger partial charge < -0.3 is 14.7 Å². The van der Waals surface area contributed by atoms with Crippen molar-refractivity contribution in [2.24, 2.45) is 0 Å². The van der Waals surface area contributed by atoms with E-state index in [1.807, 2.05) is 30.9 Å². The number of amides is 2. The molecule has 6 nitrogen and oxygen atoms in total. The molecule has 0 atom stereocenters. The quantitative estimate of drug-likeness (QED) is 0.924. The molecule has 0 aliphatic carbocycles. The van der Waals surface area contributed by atoms with Gasteiger partial charge in [0.1, 0.15) is 5.76 Å². The van der Waals surface area contributed by atoms with Crippen LogP contribution in [0.2, 0.25) is 5.02 Å². The fourth-order valence-electron chi connectivity index (χ4n) is 2.69. The molecule has 128 valence electrons. The van der Waals surface area contributed by atoms with Crippen LogP contribution >= 0.6 is 11.6 Å². The molecule has 1 aromatic heterocycles. The SMILES string of the molecule is Cc1ccc(NC(=O)N2CCN(Cc3cnoc3C)CC2)cc1Cl. The summed E-state index contributed by atoms with van der Waals surface area (Å²) in [6, 6.07) is 5.46. The van der Waals surface area contributed by atoms with Crippen LogP contribution in [0.1, 0.15) is 16.9 Å². The van der Waals surface area contributed by atoms with E-state index in [0.717, 1.165) is 42.2 Å². The fraction of sp³-hybridized carbons (Fsp3) is 0.412. The number of nitrogens with one attached hydrogen (secondary N) is 1. The van der Waals surface area contributed by atoms with E-state index < -0.39 is 0 Å². The average Bonchev–Trinajstić information content (AvgIpc) is 2.97. The molecule has 1 aliphatic heterocycles. The maximum atomic E-state index is 12.4. The maximum absolute atomic E-state index is 12.4. The van der Waals surface area contributed by atoms with Crippen molar-refractivity contribution in [3.05, 3.63) is 46.3 Å². The number of nitrogens with zero attached hydrogens (tertiary/aromatic N) is 3. The van der Waals surface area contributed by atoms with E-state index in [-0.39, 0.29) is 6.03 Å². The molecule has 2 amide bonds. The number of carbonyl (C=O) groups is 1. The average molecular weight is 349 g/mol. The molecule has 1 N–H and O–H groups in total. The summed E-state index contributed by atoms with van der Waals surface area (Å²) in [6.45, 7) is 7.69. The van der Waals surface area contributed by atoms with Gasteiger partial charge in [-0.3, -0.25) is 4.90 Å². The Bertz CT molecular complexity index is 723. The first-order valence-corrected chi connectivity index (χ1v) is 8.35. The molecule has 2 aromatic rings. The molecule has 2 heterocycles. The Morgan fingerprint density at radius 1 is 1.29 bits per heavy atom. The summed E-state index contributed by atoms with van der Waals surface area (Å²) >= 11 is 6.10. The van der Waals surface area contributed by atoms with Crippen molar-refractivity contribution in [2.75, 3.05) is 31.5 Å². The summed E-state index contributed by atoms with van der Waals surface area (Å²) in [4.78, 5) is 16.5. The first-order valence-electron chi connectivity index (χ1n) is 7.97. The first-order chi connectivity index (χ1) is 11.5. The van der Waals surface area contributed by atoms with E-state index >= 15 is 0 Å². The normalized spacial score (nSPS) is 15.5. The standard InChI is InChI=1S/C17H21ClN4O2/c1-12-3-4-15(9-16(12)18)20-17(23)22-7-5-21(6-8-22)11-14-10-19-24-13(14)2/h3-4,9-10H,5-8,11H2,1-2H3,(H,20,23). The fourth-order valence-corrected chi connectivity index (χ4v) is 2.87. The second kappa shape index (κ2) is 7.23. The molecule has 0 radical (unpaired) electrons. The summed E-state index contributed by atoms with van der Waals surface area (Å²) in [5, 5.41) is 7.37. The van der Waals surface area contributed by atoms with Gasteiger partial charge in [0.05, 0.1) is 6.20 Å². The number of aryl methyl sites for hydroxylation is 2. The third-order valence-corrected chi connectivity index (χ3v) is 4.73. The van der Waals surface area contributed by atoms with Crippen LogP contribution in [0.4, 0.5) is 10.5 Å². The number of hydrogen-bond donors (Lipinski definition) is 1. The molecular weight excluding hydrogens is 328 g/mol. The lowest BCUT2D eigenvalue weighted by atomic mass is 10.2. The summed E-state index contributed by atoms with van der Waals surface area (Å²) < 4.78 is 5.09. The van der Waals surface area contributed by atoms with Gasteiger partial charge in [0.15, 0.2) is 0 Å². The second-order valence-corrected chi connectivity index (χ2v) is 6.47. The van der Waals surface area contributed by atoms with Crippen molar-refractivity contribution in [1.82, 2.24) is 15.0 Å². The predicted molar refractivity (Wildman–Crippen MR) is 93.3 cm³/mol. The zero-order valence-corrected chi connectivity index (χ0v) is 14.6. The minimum atomic E-state index is -0.0873. The van der Waals surface area contributed by atoms with Crippen LogP contribution in [-0.2, 0) is 6.54 Å². The van der Waals surface area contributed by atoms with Gasteiger partial charge in [-0.05, 0) is 31.5 Å². The number of urea groups is 1. The molecule has 0 unspecified atom stereocenters. The largest absolute Gasteiger partial charge is 0.361 e. The van der Waals surface area contributed by atoms with Crippen molar-refractivity contribution in [1.29, 1.82) is 0 Å². The van der Waals surface area contributed by atoms with Gasteiger partial charge >= 0.3 is 6.03 Å². The Balaban J connectivity index is 1.51. The van der Waals surface area contributed by atoms with Crippen LogP contribution in [-0.4, -0.2) is 47.2 Å². The number of rotatable bonds is 3. The van der Waals surface area contributed by atoms with Gasteiger partial charge in [0.2, 0.25) is 0 Å². The molecule has 1 fully saturated rings. The van der Waals surface area contributed by atoms with Gasteiger partial charge in [-0.2, -0.15) is 0 Å². The number of halogens is 1. The second-order valence-electron chi connectivity index (χ2n) is 6.06. The van der Waals surface area contributed by atoms with E-state index in [2.05, 4.69) is 15.4 Å². The Hall–Kier alpha value is -2.05. The molecule has 1 saturated heterocycles. The van der Waals surface area contributed by atoms with E-state index in [9.17, 15) is 4.79 Å². The lowest BCUT2D eigenvalue weighted by Crippen LogP contribution is -2.49. The molecule has 24 heavy (non-hydrogen) atoms. The number of anilines is 1. The Morgan fingerprint density at radius 3 is 2.67 bits per heavy atom. The first kappa shape index (κ1) is 16.8. The molecular formula is C17H21ClN4O2. The zero-order valence-electron chi connectivity index (χ0n) is 13.9. The monoisotopic (exact) mass is 348 g/mol. The number of benzene rings is 1. The summed E-state index contributed by atoms with van der Waals surface area (Å²) in [6.07, 6.45) is 1.76. The number of piperazine rings is 1. The summed E-state index contributed by atoms with van der Waals surface area (Å²) in [5.74, 6) is 0.853. The summed E-state index contributed by atoms with van der Waals surface area (Å²) in [5.41, 5.74) is 2.81. The molecule has 0 saturated carbocycles. The van der Waals surface area contributed by atoms with E-state index in [4.69, 9.17) is 16.1 Å². The third kappa shape index (κ3) is 3.88. The molecule has 0 bridgehead atoms. The van der Waals surface area contributed by atoms with Crippen LogP contribution in [0.15, 0.2) is 28.9 Å². The zero-order chi connectivity index (χ0) is 17.1. The third-order valence-electron chi connectivity index (χ3n) is 4.33. The molecule has 7 heteroatoms. The van der Waals surface area contributed by atoms with Crippen molar-refractivity contribution >= 4 is 23.3 Å². The topological polar surface area (TPSA) is 61.6 Å². The Kier molecular flexibility index (Phi) is 5.06. The Labute approximate surface area is 146 Å². The van der Waals surface area contributed by atoms with Crippen LogP contribution in [0.25, 0.3) is 0 Å². The Morgan fingerprint density at radius 2 is 2.04 bits per heavy atom. The van der Waals surface area contributed by atoms with Gasteiger partial charge in [0, 0.05) is 49.0 Å². The predicted octanol–water partition coefficient (Wildman–Crippen LogP) is 3.29. The van der Waals surface area contributed by atoms with Crippen molar-refractivity contribution in [3.63, 3.8) is 0 Å². The number of hydrogen-bond acceptors (Lipinski definition) is 4. The lowest BCUT2D eigenvalue weighted by Gasteiger charge is -2.34. The number of carbonyl (C=O) groups excluding carboxylic acids is 1. The van der Waals surface area contributed by atoms with Crippen LogP contribution < -0.4 is 5.32 Å². The highest BCUT2D eigenvalue weighted by molar-refractivity contribution is 6.31. The summed E-state index contributed by atoms with van der Waals surface area (Å²) in [7, 11) is 0. The van der Waals surface area contributed by atoms with Crippen LogP contribution in [0, 0.1) is 13.8 Å². The van der Waals surface area contributed by atoms with Crippen molar-refractivity contribution in [2.45, 2.75) is 20.4 Å². The number of aromatic nitrogens is 1. The van der Waals surface area contributed by atoms with E-state index in [0.29, 0.717) is 18.1 Å². The highest BCUT2D eigenvalue weighted by atomic mass is 35.5. The molecule has 1 aromatic carbocycles. The van der Waals surface area contributed by atoms with Gasteiger partial charge in [-0.25, -0.2) is 4.79 Å². The highest BCUT2D eigenvalue weighted by Crippen LogP contribution is 2.20.